The molecule has 0 radical (unpaired) electrons. The van der Waals surface area contributed by atoms with Crippen molar-refractivity contribution in [2.45, 2.75) is 65.2 Å². The minimum absolute atomic E-state index is 0.0652. The van der Waals surface area contributed by atoms with Gasteiger partial charge >= 0.3 is 12.2 Å². The Bertz CT molecular complexity index is 915. The molecular weight excluding hydrogens is 408 g/mol. The van der Waals surface area contributed by atoms with Crippen LogP contribution < -0.4 is 5.43 Å². The Morgan fingerprint density at radius 2 is 1.31 bits per heavy atom. The highest BCUT2D eigenvalue weighted by Crippen LogP contribution is 2.25. The van der Waals surface area contributed by atoms with Crippen LogP contribution in [0.25, 0.3) is 0 Å². The van der Waals surface area contributed by atoms with Crippen LogP contribution in [0.5, 0.6) is 0 Å². The van der Waals surface area contributed by atoms with E-state index in [-0.39, 0.29) is 12.2 Å². The summed E-state index contributed by atoms with van der Waals surface area (Å²) in [5.74, 6) is -0.288. The number of nitrogens with zero attached hydrogens (tertiary/aromatic N) is 1. The van der Waals surface area contributed by atoms with Crippen LogP contribution in [0.1, 0.15) is 58.7 Å². The lowest BCUT2D eigenvalue weighted by Crippen LogP contribution is -2.53. The molecule has 0 aliphatic carbocycles. The number of ketones is 1. The van der Waals surface area contributed by atoms with E-state index in [0.717, 1.165) is 10.6 Å². The summed E-state index contributed by atoms with van der Waals surface area (Å²) in [4.78, 5) is 39.1. The third kappa shape index (κ3) is 8.06. The maximum absolute atomic E-state index is 13.4. The topological polar surface area (TPSA) is 84.9 Å². The van der Waals surface area contributed by atoms with Crippen molar-refractivity contribution in [1.82, 2.24) is 10.4 Å². The zero-order valence-electron chi connectivity index (χ0n) is 19.5. The highest BCUT2D eigenvalue weighted by atomic mass is 16.6. The monoisotopic (exact) mass is 440 g/mol. The molecule has 0 saturated carbocycles. The highest BCUT2D eigenvalue weighted by molar-refractivity contribution is 5.90. The number of nitrogens with one attached hydrogen (secondary N) is 1. The second-order valence-electron chi connectivity index (χ2n) is 9.41. The van der Waals surface area contributed by atoms with E-state index in [4.69, 9.17) is 9.47 Å². The molecule has 0 spiro atoms. The molecule has 0 aromatic heterocycles. The lowest BCUT2D eigenvalue weighted by Gasteiger charge is -2.33. The minimum atomic E-state index is -1.11. The fourth-order valence-electron chi connectivity index (χ4n) is 2.93. The van der Waals surface area contributed by atoms with Crippen molar-refractivity contribution in [3.63, 3.8) is 0 Å². The van der Waals surface area contributed by atoms with Gasteiger partial charge in [0, 0.05) is 6.42 Å². The van der Waals surface area contributed by atoms with Crippen LogP contribution in [-0.4, -0.2) is 34.2 Å². The van der Waals surface area contributed by atoms with Gasteiger partial charge in [-0.25, -0.2) is 20.0 Å². The Balaban J connectivity index is 2.45. The lowest BCUT2D eigenvalue weighted by atomic mass is 9.97. The fourth-order valence-corrected chi connectivity index (χ4v) is 2.93. The van der Waals surface area contributed by atoms with Gasteiger partial charge in [0.2, 0.25) is 0 Å². The molecule has 1 unspecified atom stereocenters. The van der Waals surface area contributed by atoms with Gasteiger partial charge in [0.25, 0.3) is 0 Å². The van der Waals surface area contributed by atoms with Gasteiger partial charge in [-0.15, -0.1) is 0 Å². The van der Waals surface area contributed by atoms with E-state index in [1.807, 2.05) is 30.3 Å². The molecule has 1 atom stereocenters. The zero-order valence-corrected chi connectivity index (χ0v) is 19.5. The molecule has 7 nitrogen and oxygen atoms in total. The average Bonchev–Trinajstić information content (AvgIpc) is 2.66. The van der Waals surface area contributed by atoms with Gasteiger partial charge in [-0.1, -0.05) is 60.7 Å². The Morgan fingerprint density at radius 3 is 1.81 bits per heavy atom. The molecule has 0 saturated heterocycles. The number of carbonyl (C=O) groups excluding carboxylic acids is 3. The number of Topliss-reactive ketones (excluding diaryl/α,β-unsaturated/α-hetero) is 1. The first-order valence-electron chi connectivity index (χ1n) is 10.5. The maximum atomic E-state index is 13.4. The quantitative estimate of drug-likeness (QED) is 0.645. The Hall–Kier alpha value is -3.35. The van der Waals surface area contributed by atoms with Gasteiger partial charge in [0.05, 0.1) is 0 Å². The third-order valence-corrected chi connectivity index (χ3v) is 4.10. The second-order valence-corrected chi connectivity index (χ2v) is 9.41. The highest BCUT2D eigenvalue weighted by Gasteiger charge is 2.36. The second kappa shape index (κ2) is 10.3. The number of rotatable bonds is 5. The number of carbonyl (C=O) groups is 3. The summed E-state index contributed by atoms with van der Waals surface area (Å²) < 4.78 is 10.8. The van der Waals surface area contributed by atoms with E-state index in [2.05, 4.69) is 5.43 Å². The molecule has 2 amide bonds. The van der Waals surface area contributed by atoms with Gasteiger partial charge in [0.15, 0.2) is 5.78 Å². The summed E-state index contributed by atoms with van der Waals surface area (Å²) in [5.41, 5.74) is 2.14. The van der Waals surface area contributed by atoms with Crippen molar-refractivity contribution in [2.75, 3.05) is 0 Å². The van der Waals surface area contributed by atoms with Crippen LogP contribution in [0.15, 0.2) is 60.7 Å². The summed E-state index contributed by atoms with van der Waals surface area (Å²) in [6.07, 6.45) is -1.66. The predicted octanol–water partition coefficient (Wildman–Crippen LogP) is 5.22. The molecule has 0 bridgehead atoms. The fraction of sp³-hybridized carbons (Fsp3) is 0.400. The van der Waals surface area contributed by atoms with Gasteiger partial charge in [-0.2, -0.15) is 0 Å². The zero-order chi connectivity index (χ0) is 23.9. The molecule has 32 heavy (non-hydrogen) atoms. The molecule has 1 N–H and O–H groups in total. The lowest BCUT2D eigenvalue weighted by molar-refractivity contribution is -0.125. The van der Waals surface area contributed by atoms with E-state index >= 15 is 0 Å². The number of hydrazine groups is 1. The van der Waals surface area contributed by atoms with Gasteiger partial charge in [-0.3, -0.25) is 4.79 Å². The van der Waals surface area contributed by atoms with Crippen molar-refractivity contribution in [2.24, 2.45) is 0 Å². The molecule has 2 aromatic rings. The van der Waals surface area contributed by atoms with Crippen molar-refractivity contribution in [1.29, 1.82) is 0 Å². The normalized spacial score (nSPS) is 12.4. The molecule has 0 aliphatic heterocycles. The van der Waals surface area contributed by atoms with Crippen molar-refractivity contribution >= 4 is 18.0 Å². The van der Waals surface area contributed by atoms with E-state index in [0.29, 0.717) is 5.56 Å². The van der Waals surface area contributed by atoms with Crippen molar-refractivity contribution < 1.29 is 23.9 Å². The van der Waals surface area contributed by atoms with Crippen molar-refractivity contribution in [3.05, 3.63) is 71.8 Å². The van der Waals surface area contributed by atoms with E-state index < -0.39 is 29.4 Å². The van der Waals surface area contributed by atoms with E-state index in [9.17, 15) is 14.4 Å². The first-order chi connectivity index (χ1) is 14.9. The smallest absolute Gasteiger partial charge is 0.430 e. The Morgan fingerprint density at radius 1 is 0.812 bits per heavy atom. The number of ether oxygens (including phenoxy) is 2. The molecule has 2 aromatic carbocycles. The predicted molar refractivity (Wildman–Crippen MR) is 122 cm³/mol. The van der Waals surface area contributed by atoms with E-state index in [1.165, 1.54) is 0 Å². The van der Waals surface area contributed by atoms with Gasteiger partial charge in [0.1, 0.15) is 17.2 Å². The summed E-state index contributed by atoms with van der Waals surface area (Å²) >= 11 is 0. The summed E-state index contributed by atoms with van der Waals surface area (Å²) in [6, 6.07) is 16.9. The van der Waals surface area contributed by atoms with Crippen molar-refractivity contribution in [3.8, 4) is 0 Å². The SMILES string of the molecule is CC(C)(C)OC(=O)NN(C(=O)OC(C)(C)C)C(C(=O)Cc1ccccc1)c1ccccc1. The van der Waals surface area contributed by atoms with Crippen LogP contribution in [0.2, 0.25) is 0 Å². The Kier molecular flexibility index (Phi) is 8.02. The summed E-state index contributed by atoms with van der Waals surface area (Å²) in [5, 5.41) is 0.917. The van der Waals surface area contributed by atoms with Gasteiger partial charge in [-0.05, 0) is 52.7 Å². The number of hydrogen-bond acceptors (Lipinski definition) is 5. The van der Waals surface area contributed by atoms with Gasteiger partial charge < -0.3 is 9.47 Å². The van der Waals surface area contributed by atoms with Crippen LogP contribution in [0.3, 0.4) is 0 Å². The number of hydrogen-bond donors (Lipinski definition) is 1. The molecule has 0 heterocycles. The van der Waals surface area contributed by atoms with Crippen LogP contribution >= 0.6 is 0 Å². The standard InChI is InChI=1S/C25H32N2O5/c1-24(2,3)31-22(29)26-27(23(30)32-25(4,5)6)21(19-15-11-8-12-16-19)20(28)17-18-13-9-7-10-14-18/h7-16,21H,17H2,1-6H3,(H,26,29). The maximum Gasteiger partial charge on any atom is 0.430 e. The molecule has 172 valence electrons. The summed E-state index contributed by atoms with van der Waals surface area (Å²) in [6.45, 7) is 10.2. The molecule has 0 fully saturated rings. The molecular formula is C25H32N2O5. The molecule has 2 rings (SSSR count). The molecule has 7 heteroatoms. The summed E-state index contributed by atoms with van der Waals surface area (Å²) in [7, 11) is 0. The van der Waals surface area contributed by atoms with Crippen LogP contribution in [-0.2, 0) is 20.7 Å². The third-order valence-electron chi connectivity index (χ3n) is 4.10. The number of benzene rings is 2. The van der Waals surface area contributed by atoms with E-state index in [1.54, 1.807) is 71.9 Å². The largest absolute Gasteiger partial charge is 0.443 e. The first kappa shape index (κ1) is 24.9. The average molecular weight is 441 g/mol. The number of amides is 2. The van der Waals surface area contributed by atoms with Crippen LogP contribution in [0.4, 0.5) is 9.59 Å². The first-order valence-corrected chi connectivity index (χ1v) is 10.5. The Labute approximate surface area is 189 Å². The van der Waals surface area contributed by atoms with Crippen LogP contribution in [0, 0.1) is 0 Å². The minimum Gasteiger partial charge on any atom is -0.443 e. The molecule has 0 aliphatic rings.